The molecular weight excluding hydrogens is 203 g/mol. The van der Waals surface area contributed by atoms with Gasteiger partial charge in [0.15, 0.2) is 0 Å². The normalized spacial score (nSPS) is 11.1. The quantitative estimate of drug-likeness (QED) is 0.744. The van der Waals surface area contributed by atoms with Crippen LogP contribution in [0.3, 0.4) is 0 Å². The van der Waals surface area contributed by atoms with Crippen LogP contribution in [0.4, 0.5) is 0 Å². The van der Waals surface area contributed by atoms with Crippen LogP contribution in [0.2, 0.25) is 0 Å². The van der Waals surface area contributed by atoms with E-state index in [-0.39, 0.29) is 12.6 Å². The van der Waals surface area contributed by atoms with Gasteiger partial charge in [-0.05, 0) is 10.1 Å². The highest BCUT2D eigenvalue weighted by Gasteiger charge is 2.15. The van der Waals surface area contributed by atoms with Gasteiger partial charge in [-0.2, -0.15) is 4.89 Å². The second-order valence-electron chi connectivity index (χ2n) is 2.85. The van der Waals surface area contributed by atoms with Crippen LogP contribution in [0.15, 0.2) is 24.3 Å². The first-order chi connectivity index (χ1) is 6.59. The number of carbonyl (C=O) groups is 1. The summed E-state index contributed by atoms with van der Waals surface area (Å²) in [7, 11) is -2.26. The van der Waals surface area contributed by atoms with Crippen molar-refractivity contribution in [1.82, 2.24) is 0 Å². The van der Waals surface area contributed by atoms with Crippen molar-refractivity contribution < 1.29 is 19.4 Å². The van der Waals surface area contributed by atoms with Crippen LogP contribution >= 0.6 is 8.03 Å². The minimum Gasteiger partial charge on any atom is -0.481 e. The highest BCUT2D eigenvalue weighted by molar-refractivity contribution is 7.37. The molecule has 1 aromatic rings. The van der Waals surface area contributed by atoms with Gasteiger partial charge in [-0.1, -0.05) is 24.3 Å². The summed E-state index contributed by atoms with van der Waals surface area (Å²) in [6.07, 6.45) is -0.0991. The Morgan fingerprint density at radius 1 is 1.29 bits per heavy atom. The number of hydrogen-bond acceptors (Lipinski definition) is 2. The van der Waals surface area contributed by atoms with Crippen LogP contribution in [0.25, 0.3) is 0 Å². The molecule has 0 aliphatic heterocycles. The molecular formula is C9H10O4P+. The van der Waals surface area contributed by atoms with Crippen molar-refractivity contribution in [3.05, 3.63) is 35.4 Å². The van der Waals surface area contributed by atoms with E-state index in [2.05, 4.69) is 0 Å². The van der Waals surface area contributed by atoms with Gasteiger partial charge >= 0.3 is 14.0 Å². The zero-order valence-corrected chi connectivity index (χ0v) is 8.28. The average Bonchev–Trinajstić information content (AvgIpc) is 2.06. The molecule has 4 nitrogen and oxygen atoms in total. The van der Waals surface area contributed by atoms with Gasteiger partial charge in [0.05, 0.1) is 6.42 Å². The van der Waals surface area contributed by atoms with E-state index in [9.17, 15) is 9.36 Å². The van der Waals surface area contributed by atoms with E-state index in [1.165, 1.54) is 0 Å². The number of benzene rings is 1. The maximum Gasteiger partial charge on any atom is 0.510 e. The van der Waals surface area contributed by atoms with Crippen LogP contribution in [0.5, 0.6) is 0 Å². The van der Waals surface area contributed by atoms with E-state index in [0.717, 1.165) is 0 Å². The predicted molar refractivity (Wildman–Crippen MR) is 51.3 cm³/mol. The molecule has 0 aliphatic rings. The Morgan fingerprint density at radius 3 is 2.36 bits per heavy atom. The van der Waals surface area contributed by atoms with E-state index < -0.39 is 14.0 Å². The van der Waals surface area contributed by atoms with Crippen molar-refractivity contribution in [3.8, 4) is 0 Å². The molecule has 74 valence electrons. The lowest BCUT2D eigenvalue weighted by molar-refractivity contribution is -0.136. The van der Waals surface area contributed by atoms with Crippen LogP contribution < -0.4 is 0 Å². The fourth-order valence-corrected chi connectivity index (χ4v) is 1.79. The average molecular weight is 213 g/mol. The van der Waals surface area contributed by atoms with Gasteiger partial charge in [0, 0.05) is 5.56 Å². The van der Waals surface area contributed by atoms with Gasteiger partial charge in [0.25, 0.3) is 0 Å². The molecule has 1 unspecified atom stereocenters. The van der Waals surface area contributed by atoms with Crippen molar-refractivity contribution in [2.45, 2.75) is 12.6 Å². The summed E-state index contributed by atoms with van der Waals surface area (Å²) in [5, 5.41) is 8.59. The van der Waals surface area contributed by atoms with Gasteiger partial charge in [0.1, 0.15) is 0 Å². The molecule has 14 heavy (non-hydrogen) atoms. The van der Waals surface area contributed by atoms with Crippen LogP contribution in [0, 0.1) is 0 Å². The molecule has 0 saturated carbocycles. The van der Waals surface area contributed by atoms with Crippen molar-refractivity contribution in [1.29, 1.82) is 0 Å². The highest BCUT2D eigenvalue weighted by atomic mass is 31.1. The summed E-state index contributed by atoms with van der Waals surface area (Å²) in [5.41, 5.74) is 1.22. The molecule has 1 aromatic carbocycles. The number of carboxylic acids is 1. The monoisotopic (exact) mass is 213 g/mol. The molecule has 0 saturated heterocycles. The van der Waals surface area contributed by atoms with Gasteiger partial charge in [-0.15, -0.1) is 0 Å². The summed E-state index contributed by atoms with van der Waals surface area (Å²) >= 11 is 0. The third-order valence-electron chi connectivity index (χ3n) is 1.77. The Bertz CT molecular complexity index is 327. The lowest BCUT2D eigenvalue weighted by Crippen LogP contribution is -2.02. The molecule has 1 rings (SSSR count). The van der Waals surface area contributed by atoms with Gasteiger partial charge in [0.2, 0.25) is 6.16 Å². The van der Waals surface area contributed by atoms with E-state index in [1.807, 2.05) is 0 Å². The Morgan fingerprint density at radius 2 is 1.86 bits per heavy atom. The number of hydrogen-bond donors (Lipinski definition) is 2. The molecule has 0 spiro atoms. The van der Waals surface area contributed by atoms with Crippen LogP contribution in [-0.4, -0.2) is 16.0 Å². The molecule has 0 aromatic heterocycles. The predicted octanol–water partition coefficient (Wildman–Crippen LogP) is 1.55. The standard InChI is InChI=1S/C9H9O4P/c10-9(11)5-7-3-1-2-4-8(7)6-14(12)13/h1-4H,5-6H2,(H-,10,11,12,13)/p+1. The Balaban J connectivity index is 2.90. The summed E-state index contributed by atoms with van der Waals surface area (Å²) in [5.74, 6) is -0.939. The minimum absolute atomic E-state index is 0.0127. The number of rotatable bonds is 4. The third-order valence-corrected chi connectivity index (χ3v) is 2.38. The molecule has 1 atom stereocenters. The molecule has 2 N–H and O–H groups in total. The topological polar surface area (TPSA) is 74.6 Å². The third kappa shape index (κ3) is 3.24. The summed E-state index contributed by atoms with van der Waals surface area (Å²) in [6, 6.07) is 6.76. The number of carboxylic acid groups (broad SMARTS) is 1. The van der Waals surface area contributed by atoms with Crippen LogP contribution in [-0.2, 0) is 21.9 Å². The van der Waals surface area contributed by atoms with Crippen molar-refractivity contribution in [2.24, 2.45) is 0 Å². The van der Waals surface area contributed by atoms with Crippen molar-refractivity contribution in [2.75, 3.05) is 0 Å². The fraction of sp³-hybridized carbons (Fsp3) is 0.222. The van der Waals surface area contributed by atoms with E-state index in [4.69, 9.17) is 10.00 Å². The molecule has 0 radical (unpaired) electrons. The Kier molecular flexibility index (Phi) is 3.74. The molecule has 0 heterocycles. The second kappa shape index (κ2) is 4.84. The van der Waals surface area contributed by atoms with Crippen molar-refractivity contribution >= 4 is 14.0 Å². The maximum absolute atomic E-state index is 10.6. The lowest BCUT2D eigenvalue weighted by atomic mass is 10.1. The maximum atomic E-state index is 10.6. The lowest BCUT2D eigenvalue weighted by Gasteiger charge is -2.00. The van der Waals surface area contributed by atoms with E-state index >= 15 is 0 Å². The van der Waals surface area contributed by atoms with Gasteiger partial charge < -0.3 is 5.11 Å². The molecule has 5 heteroatoms. The molecule has 0 amide bonds. The fourth-order valence-electron chi connectivity index (χ4n) is 1.19. The largest absolute Gasteiger partial charge is 0.510 e. The van der Waals surface area contributed by atoms with E-state index in [0.29, 0.717) is 11.1 Å². The molecule has 0 bridgehead atoms. The van der Waals surface area contributed by atoms with E-state index in [1.54, 1.807) is 24.3 Å². The SMILES string of the molecule is O=C(O)Cc1ccccc1C[P+](=O)O. The zero-order chi connectivity index (χ0) is 10.6. The Labute approximate surface area is 82.1 Å². The Hall–Kier alpha value is -1.25. The van der Waals surface area contributed by atoms with Crippen LogP contribution in [0.1, 0.15) is 11.1 Å². The second-order valence-corrected chi connectivity index (χ2v) is 3.87. The summed E-state index contributed by atoms with van der Waals surface area (Å²) in [4.78, 5) is 19.2. The summed E-state index contributed by atoms with van der Waals surface area (Å²) < 4.78 is 10.6. The first-order valence-corrected chi connectivity index (χ1v) is 5.41. The zero-order valence-electron chi connectivity index (χ0n) is 7.38. The van der Waals surface area contributed by atoms with Gasteiger partial charge in [-0.25, -0.2) is 0 Å². The minimum atomic E-state index is -2.26. The molecule has 0 fully saturated rings. The van der Waals surface area contributed by atoms with Crippen molar-refractivity contribution in [3.63, 3.8) is 0 Å². The first-order valence-electron chi connectivity index (χ1n) is 4.01. The summed E-state index contributed by atoms with van der Waals surface area (Å²) in [6.45, 7) is 0. The van der Waals surface area contributed by atoms with Gasteiger partial charge in [-0.3, -0.25) is 4.79 Å². The molecule has 0 aliphatic carbocycles. The number of aliphatic carboxylic acids is 1. The smallest absolute Gasteiger partial charge is 0.481 e. The highest BCUT2D eigenvalue weighted by Crippen LogP contribution is 2.23. The first kappa shape index (κ1) is 10.8.